The first-order valence-electron chi connectivity index (χ1n) is 9.22. The molecule has 0 bridgehead atoms. The third-order valence-electron chi connectivity index (χ3n) is 4.15. The van der Waals surface area contributed by atoms with E-state index in [2.05, 4.69) is 5.32 Å². The zero-order valence-electron chi connectivity index (χ0n) is 16.0. The van der Waals surface area contributed by atoms with Gasteiger partial charge >= 0.3 is 0 Å². The van der Waals surface area contributed by atoms with E-state index in [0.29, 0.717) is 29.7 Å². The lowest BCUT2D eigenvalue weighted by molar-refractivity contribution is 0.0921. The number of nitrogens with one attached hydrogen (secondary N) is 1. The zero-order valence-corrected chi connectivity index (χ0v) is 17.6. The zero-order chi connectivity index (χ0) is 20.6. The lowest BCUT2D eigenvalue weighted by atomic mass is 10.2. The van der Waals surface area contributed by atoms with Crippen LogP contribution < -0.4 is 10.1 Å². The van der Waals surface area contributed by atoms with E-state index in [-0.39, 0.29) is 17.4 Å². The number of ether oxygens (including phenoxy) is 1. The Morgan fingerprint density at radius 2 is 1.83 bits per heavy atom. The molecule has 3 rings (SSSR count). The number of rotatable bonds is 9. The average molecular weight is 432 g/mol. The molecule has 0 aliphatic rings. The summed E-state index contributed by atoms with van der Waals surface area (Å²) in [5.41, 5.74) is 1.78. The lowest BCUT2D eigenvalue weighted by Crippen LogP contribution is -2.22. The molecule has 0 aliphatic heterocycles. The van der Waals surface area contributed by atoms with Crippen LogP contribution in [0.3, 0.4) is 0 Å². The summed E-state index contributed by atoms with van der Waals surface area (Å²) in [5, 5.41) is 3.41. The van der Waals surface area contributed by atoms with Gasteiger partial charge in [0.2, 0.25) is 0 Å². The molecule has 0 saturated carbocycles. The van der Waals surface area contributed by atoms with E-state index in [0.717, 1.165) is 16.9 Å². The third kappa shape index (κ3) is 6.21. The van der Waals surface area contributed by atoms with Crippen molar-refractivity contribution in [3.63, 3.8) is 0 Å². The highest BCUT2D eigenvalue weighted by atomic mass is 35.5. The SMILES string of the molecule is CCOc1ccc(CNC(=O)c2ccc(C[S@@](=O)Cc3ccccc3Cl)o2)cc1. The van der Waals surface area contributed by atoms with E-state index in [1.807, 2.05) is 49.4 Å². The molecule has 0 spiro atoms. The Morgan fingerprint density at radius 3 is 2.55 bits per heavy atom. The van der Waals surface area contributed by atoms with E-state index in [1.165, 1.54) is 0 Å². The van der Waals surface area contributed by atoms with Gasteiger partial charge in [0, 0.05) is 22.4 Å². The van der Waals surface area contributed by atoms with Crippen molar-refractivity contribution in [2.75, 3.05) is 6.61 Å². The van der Waals surface area contributed by atoms with E-state index in [1.54, 1.807) is 18.2 Å². The molecule has 1 N–H and O–H groups in total. The first kappa shape index (κ1) is 21.1. The van der Waals surface area contributed by atoms with Crippen LogP contribution in [-0.2, 0) is 28.9 Å². The van der Waals surface area contributed by atoms with Gasteiger partial charge in [-0.2, -0.15) is 0 Å². The molecule has 29 heavy (non-hydrogen) atoms. The van der Waals surface area contributed by atoms with Crippen LogP contribution in [0.15, 0.2) is 65.1 Å². The van der Waals surface area contributed by atoms with Gasteiger partial charge in [0.25, 0.3) is 5.91 Å². The van der Waals surface area contributed by atoms with Crippen LogP contribution in [0.4, 0.5) is 0 Å². The first-order valence-corrected chi connectivity index (χ1v) is 11.1. The molecule has 1 atom stereocenters. The van der Waals surface area contributed by atoms with Gasteiger partial charge in [0.1, 0.15) is 11.5 Å². The quantitative estimate of drug-likeness (QED) is 0.532. The van der Waals surface area contributed by atoms with Crippen LogP contribution in [-0.4, -0.2) is 16.7 Å². The second-order valence-electron chi connectivity index (χ2n) is 6.35. The number of furan rings is 1. The van der Waals surface area contributed by atoms with Crippen molar-refractivity contribution in [3.05, 3.63) is 88.3 Å². The Labute approximate surface area is 177 Å². The number of benzene rings is 2. The Hall–Kier alpha value is -2.57. The van der Waals surface area contributed by atoms with E-state index < -0.39 is 10.8 Å². The Morgan fingerprint density at radius 1 is 1.07 bits per heavy atom. The molecule has 1 heterocycles. The Kier molecular flexibility index (Phi) is 7.49. The second-order valence-corrected chi connectivity index (χ2v) is 8.21. The first-order chi connectivity index (χ1) is 14.0. The largest absolute Gasteiger partial charge is 0.494 e. The minimum atomic E-state index is -1.19. The molecule has 5 nitrogen and oxygen atoms in total. The fourth-order valence-corrected chi connectivity index (χ4v) is 4.17. The fraction of sp³-hybridized carbons (Fsp3) is 0.227. The summed E-state index contributed by atoms with van der Waals surface area (Å²) < 4.78 is 23.3. The van der Waals surface area contributed by atoms with Gasteiger partial charge in [-0.05, 0) is 48.4 Å². The normalized spacial score (nSPS) is 11.8. The molecular formula is C22H22ClNO4S. The van der Waals surface area contributed by atoms with Gasteiger partial charge in [-0.1, -0.05) is 41.9 Å². The number of amides is 1. The number of carbonyl (C=O) groups excluding carboxylic acids is 1. The number of hydrogen-bond donors (Lipinski definition) is 1. The predicted molar refractivity (Wildman–Crippen MR) is 114 cm³/mol. The molecule has 0 fully saturated rings. The van der Waals surface area contributed by atoms with E-state index >= 15 is 0 Å². The average Bonchev–Trinajstić information content (AvgIpc) is 3.17. The molecule has 0 saturated heterocycles. The molecule has 3 aromatic rings. The number of halogens is 1. The van der Waals surface area contributed by atoms with Crippen molar-refractivity contribution in [3.8, 4) is 5.75 Å². The van der Waals surface area contributed by atoms with Crippen molar-refractivity contribution < 1.29 is 18.2 Å². The maximum absolute atomic E-state index is 12.4. The van der Waals surface area contributed by atoms with Gasteiger partial charge in [-0.3, -0.25) is 9.00 Å². The summed E-state index contributed by atoms with van der Waals surface area (Å²) in [6.45, 7) is 2.91. The predicted octanol–water partition coefficient (Wildman–Crippen LogP) is 4.71. The molecule has 2 aromatic carbocycles. The van der Waals surface area contributed by atoms with Crippen LogP contribution >= 0.6 is 11.6 Å². The Balaban J connectivity index is 1.51. The standard InChI is InChI=1S/C22H22ClNO4S/c1-2-27-18-9-7-16(8-10-18)13-24-22(25)21-12-11-19(28-21)15-29(26)14-17-5-3-4-6-20(17)23/h3-12H,2,13-15H2,1H3,(H,24,25)/t29-/m0/s1. The minimum Gasteiger partial charge on any atom is -0.494 e. The smallest absolute Gasteiger partial charge is 0.287 e. The highest BCUT2D eigenvalue weighted by Crippen LogP contribution is 2.19. The van der Waals surface area contributed by atoms with Gasteiger partial charge in [-0.25, -0.2) is 0 Å². The van der Waals surface area contributed by atoms with E-state index in [4.69, 9.17) is 20.8 Å². The molecule has 0 radical (unpaired) electrons. The van der Waals surface area contributed by atoms with Crippen molar-refractivity contribution >= 4 is 28.3 Å². The molecule has 0 aliphatic carbocycles. The molecule has 1 aromatic heterocycles. The number of carbonyl (C=O) groups is 1. The monoisotopic (exact) mass is 431 g/mol. The third-order valence-corrected chi connectivity index (χ3v) is 5.76. The fourth-order valence-electron chi connectivity index (χ4n) is 2.72. The van der Waals surface area contributed by atoms with Crippen LogP contribution in [0.1, 0.15) is 34.4 Å². The van der Waals surface area contributed by atoms with Gasteiger partial charge in [-0.15, -0.1) is 0 Å². The maximum atomic E-state index is 12.4. The molecule has 1 amide bonds. The second kappa shape index (κ2) is 10.3. The van der Waals surface area contributed by atoms with Crippen molar-refractivity contribution in [2.24, 2.45) is 0 Å². The summed E-state index contributed by atoms with van der Waals surface area (Å²) in [5.74, 6) is 1.73. The van der Waals surface area contributed by atoms with Crippen molar-refractivity contribution in [1.29, 1.82) is 0 Å². The highest BCUT2D eigenvalue weighted by molar-refractivity contribution is 7.83. The summed E-state index contributed by atoms with van der Waals surface area (Å²) >= 11 is 6.11. The molecule has 0 unspecified atom stereocenters. The van der Waals surface area contributed by atoms with Gasteiger partial charge < -0.3 is 14.5 Å². The van der Waals surface area contributed by atoms with Crippen molar-refractivity contribution in [1.82, 2.24) is 5.32 Å². The lowest BCUT2D eigenvalue weighted by Gasteiger charge is -2.06. The van der Waals surface area contributed by atoms with E-state index in [9.17, 15) is 9.00 Å². The summed E-state index contributed by atoms with van der Waals surface area (Å²) in [6.07, 6.45) is 0. The molecular weight excluding hydrogens is 410 g/mol. The topological polar surface area (TPSA) is 68.5 Å². The van der Waals surface area contributed by atoms with Gasteiger partial charge in [0.15, 0.2) is 5.76 Å². The summed E-state index contributed by atoms with van der Waals surface area (Å²) in [6, 6.07) is 18.1. The van der Waals surface area contributed by atoms with Gasteiger partial charge in [0.05, 0.1) is 18.1 Å². The summed E-state index contributed by atoms with van der Waals surface area (Å²) in [4.78, 5) is 12.3. The van der Waals surface area contributed by atoms with Crippen LogP contribution in [0.5, 0.6) is 5.75 Å². The number of hydrogen-bond acceptors (Lipinski definition) is 4. The highest BCUT2D eigenvalue weighted by Gasteiger charge is 2.13. The van der Waals surface area contributed by atoms with Crippen molar-refractivity contribution in [2.45, 2.75) is 25.0 Å². The maximum Gasteiger partial charge on any atom is 0.287 e. The van der Waals surface area contributed by atoms with Crippen LogP contribution in [0, 0.1) is 0 Å². The van der Waals surface area contributed by atoms with Crippen LogP contribution in [0.2, 0.25) is 5.02 Å². The van der Waals surface area contributed by atoms with Crippen LogP contribution in [0.25, 0.3) is 0 Å². The summed E-state index contributed by atoms with van der Waals surface area (Å²) in [7, 11) is -1.19. The minimum absolute atomic E-state index is 0.195. The Bertz CT molecular complexity index is 984. The molecule has 152 valence electrons. The molecule has 7 heteroatoms.